The van der Waals surface area contributed by atoms with E-state index < -0.39 is 5.54 Å². The molecule has 0 spiro atoms. The molecule has 3 rings (SSSR count). The van der Waals surface area contributed by atoms with Crippen molar-refractivity contribution in [2.24, 2.45) is 5.73 Å². The molecular formula is C16H20BrN3O. The van der Waals surface area contributed by atoms with Gasteiger partial charge in [-0.05, 0) is 31.4 Å². The van der Waals surface area contributed by atoms with Crippen LogP contribution in [0.25, 0.3) is 11.4 Å². The molecule has 1 aliphatic carbocycles. The van der Waals surface area contributed by atoms with Gasteiger partial charge in [-0.3, -0.25) is 0 Å². The van der Waals surface area contributed by atoms with Gasteiger partial charge in [-0.2, -0.15) is 4.98 Å². The van der Waals surface area contributed by atoms with Crippen LogP contribution in [0.5, 0.6) is 0 Å². The molecule has 0 unspecified atom stereocenters. The average molecular weight is 350 g/mol. The third-order valence-electron chi connectivity index (χ3n) is 4.28. The number of halogens is 1. The van der Waals surface area contributed by atoms with E-state index in [1.165, 1.54) is 18.4 Å². The molecule has 0 aliphatic heterocycles. The number of aryl methyl sites for hydroxylation is 1. The fraction of sp³-hybridized carbons (Fsp3) is 0.500. The molecule has 0 radical (unpaired) electrons. The fourth-order valence-corrected chi connectivity index (χ4v) is 3.23. The fourth-order valence-electron chi connectivity index (χ4n) is 2.85. The van der Waals surface area contributed by atoms with E-state index in [4.69, 9.17) is 10.3 Å². The Kier molecular flexibility index (Phi) is 4.13. The lowest BCUT2D eigenvalue weighted by molar-refractivity contribution is 0.257. The maximum atomic E-state index is 6.52. The summed E-state index contributed by atoms with van der Waals surface area (Å²) in [6, 6.07) is 6.06. The second-order valence-corrected chi connectivity index (χ2v) is 6.81. The van der Waals surface area contributed by atoms with Gasteiger partial charge in [0.15, 0.2) is 0 Å². The maximum absolute atomic E-state index is 6.52. The number of aromatic nitrogens is 2. The van der Waals surface area contributed by atoms with E-state index in [-0.39, 0.29) is 0 Å². The van der Waals surface area contributed by atoms with E-state index in [1.54, 1.807) is 0 Å². The van der Waals surface area contributed by atoms with Gasteiger partial charge in [0.1, 0.15) is 0 Å². The standard InChI is InChI=1S/C16H20BrN3O/c1-11-6-7-12(10-13(11)17)14-19-15(21-20-14)16(18)8-4-2-3-5-9-16/h6-7,10H,2-5,8-9,18H2,1H3. The number of hydrogen-bond acceptors (Lipinski definition) is 4. The molecule has 1 fully saturated rings. The van der Waals surface area contributed by atoms with Gasteiger partial charge in [-0.25, -0.2) is 0 Å². The number of rotatable bonds is 2. The molecule has 4 nitrogen and oxygen atoms in total. The minimum atomic E-state index is -0.455. The highest BCUT2D eigenvalue weighted by molar-refractivity contribution is 9.10. The molecule has 0 bridgehead atoms. The van der Waals surface area contributed by atoms with Crippen molar-refractivity contribution in [3.8, 4) is 11.4 Å². The van der Waals surface area contributed by atoms with Crippen molar-refractivity contribution in [2.75, 3.05) is 0 Å². The summed E-state index contributed by atoms with van der Waals surface area (Å²) in [5, 5.41) is 4.12. The number of hydrogen-bond donors (Lipinski definition) is 1. The van der Waals surface area contributed by atoms with Crippen molar-refractivity contribution in [3.63, 3.8) is 0 Å². The molecule has 21 heavy (non-hydrogen) atoms. The Labute approximate surface area is 133 Å². The summed E-state index contributed by atoms with van der Waals surface area (Å²) >= 11 is 3.54. The van der Waals surface area contributed by atoms with Crippen molar-refractivity contribution in [3.05, 3.63) is 34.1 Å². The van der Waals surface area contributed by atoms with Crippen LogP contribution >= 0.6 is 15.9 Å². The van der Waals surface area contributed by atoms with E-state index >= 15 is 0 Å². The Balaban J connectivity index is 1.90. The van der Waals surface area contributed by atoms with Crippen LogP contribution in [0.1, 0.15) is 50.0 Å². The molecule has 0 atom stereocenters. The minimum Gasteiger partial charge on any atom is -0.337 e. The number of nitrogens with two attached hydrogens (primary N) is 1. The molecule has 5 heteroatoms. The summed E-state index contributed by atoms with van der Waals surface area (Å²) in [7, 11) is 0. The van der Waals surface area contributed by atoms with Gasteiger partial charge < -0.3 is 10.3 Å². The zero-order valence-electron chi connectivity index (χ0n) is 12.2. The molecule has 1 heterocycles. The Morgan fingerprint density at radius 3 is 2.57 bits per heavy atom. The Morgan fingerprint density at radius 2 is 1.90 bits per heavy atom. The number of benzene rings is 1. The van der Waals surface area contributed by atoms with Gasteiger partial charge in [0.25, 0.3) is 0 Å². The van der Waals surface area contributed by atoms with E-state index in [1.807, 2.05) is 18.2 Å². The van der Waals surface area contributed by atoms with E-state index in [2.05, 4.69) is 33.0 Å². The first-order chi connectivity index (χ1) is 10.1. The molecule has 1 saturated carbocycles. The van der Waals surface area contributed by atoms with Gasteiger partial charge in [0, 0.05) is 10.0 Å². The van der Waals surface area contributed by atoms with Crippen molar-refractivity contribution < 1.29 is 4.52 Å². The summed E-state index contributed by atoms with van der Waals surface area (Å²) < 4.78 is 6.53. The molecule has 1 aromatic heterocycles. The van der Waals surface area contributed by atoms with Gasteiger partial charge in [-0.1, -0.05) is 58.9 Å². The van der Waals surface area contributed by atoms with Crippen LogP contribution in [0.4, 0.5) is 0 Å². The Hall–Kier alpha value is -1.20. The van der Waals surface area contributed by atoms with E-state index in [0.29, 0.717) is 11.7 Å². The number of nitrogens with zero attached hydrogens (tertiary/aromatic N) is 2. The Morgan fingerprint density at radius 1 is 1.19 bits per heavy atom. The second-order valence-electron chi connectivity index (χ2n) is 5.96. The molecule has 0 saturated heterocycles. The predicted octanol–water partition coefficient (Wildman–Crippen LogP) is 4.32. The minimum absolute atomic E-state index is 0.455. The highest BCUT2D eigenvalue weighted by atomic mass is 79.9. The lowest BCUT2D eigenvalue weighted by Crippen LogP contribution is -2.36. The van der Waals surface area contributed by atoms with Gasteiger partial charge in [0.2, 0.25) is 11.7 Å². The maximum Gasteiger partial charge on any atom is 0.247 e. The predicted molar refractivity (Wildman–Crippen MR) is 85.7 cm³/mol. The smallest absolute Gasteiger partial charge is 0.247 e. The zero-order chi connectivity index (χ0) is 14.9. The summed E-state index contributed by atoms with van der Waals surface area (Å²) in [6.45, 7) is 2.05. The van der Waals surface area contributed by atoms with Crippen LogP contribution < -0.4 is 5.73 Å². The van der Waals surface area contributed by atoms with Crippen molar-refractivity contribution in [2.45, 2.75) is 51.0 Å². The molecule has 0 amide bonds. The van der Waals surface area contributed by atoms with Crippen LogP contribution in [0.15, 0.2) is 27.2 Å². The van der Waals surface area contributed by atoms with Gasteiger partial charge in [-0.15, -0.1) is 0 Å². The molecule has 2 N–H and O–H groups in total. The Bertz CT molecular complexity index is 630. The summed E-state index contributed by atoms with van der Waals surface area (Å²) in [5.74, 6) is 1.19. The monoisotopic (exact) mass is 349 g/mol. The third-order valence-corrected chi connectivity index (χ3v) is 5.13. The zero-order valence-corrected chi connectivity index (χ0v) is 13.8. The van der Waals surface area contributed by atoms with E-state index in [0.717, 1.165) is 35.7 Å². The lowest BCUT2D eigenvalue weighted by atomic mass is 9.91. The second kappa shape index (κ2) is 5.89. The van der Waals surface area contributed by atoms with Crippen LogP contribution in [0.2, 0.25) is 0 Å². The van der Waals surface area contributed by atoms with Crippen molar-refractivity contribution in [1.29, 1.82) is 0 Å². The van der Waals surface area contributed by atoms with Crippen LogP contribution in [-0.2, 0) is 5.54 Å². The molecule has 112 valence electrons. The van der Waals surface area contributed by atoms with Crippen molar-refractivity contribution in [1.82, 2.24) is 10.1 Å². The molecule has 1 aliphatic rings. The first kappa shape index (κ1) is 14.7. The van der Waals surface area contributed by atoms with Gasteiger partial charge >= 0.3 is 0 Å². The largest absolute Gasteiger partial charge is 0.337 e. The molecular weight excluding hydrogens is 330 g/mol. The highest BCUT2D eigenvalue weighted by Crippen LogP contribution is 2.34. The summed E-state index contributed by atoms with van der Waals surface area (Å²) in [5.41, 5.74) is 8.19. The average Bonchev–Trinajstić information content (AvgIpc) is 2.86. The first-order valence-corrected chi connectivity index (χ1v) is 8.27. The molecule has 2 aromatic rings. The normalized spacial score (nSPS) is 18.4. The summed E-state index contributed by atoms with van der Waals surface area (Å²) in [6.07, 6.45) is 6.59. The van der Waals surface area contributed by atoms with Gasteiger partial charge in [0.05, 0.1) is 5.54 Å². The van der Waals surface area contributed by atoms with Crippen molar-refractivity contribution >= 4 is 15.9 Å². The first-order valence-electron chi connectivity index (χ1n) is 7.48. The third kappa shape index (κ3) is 3.04. The SMILES string of the molecule is Cc1ccc(-c2noc(C3(N)CCCCCC3)n2)cc1Br. The quantitative estimate of drug-likeness (QED) is 0.820. The topological polar surface area (TPSA) is 64.9 Å². The van der Waals surface area contributed by atoms with Crippen LogP contribution in [0.3, 0.4) is 0 Å². The van der Waals surface area contributed by atoms with Crippen LogP contribution in [0, 0.1) is 6.92 Å². The highest BCUT2D eigenvalue weighted by Gasteiger charge is 2.34. The summed E-state index contributed by atoms with van der Waals surface area (Å²) in [4.78, 5) is 4.56. The van der Waals surface area contributed by atoms with Crippen LogP contribution in [-0.4, -0.2) is 10.1 Å². The molecule has 1 aromatic carbocycles. The lowest BCUT2D eigenvalue weighted by Gasteiger charge is -2.22. The van der Waals surface area contributed by atoms with E-state index in [9.17, 15) is 0 Å².